The van der Waals surface area contributed by atoms with Gasteiger partial charge in [0.1, 0.15) is 0 Å². The number of phenols is 6. The standard InChI is InChI=1S/C38H36O16/c1-51-27-11-17(3-7-23(27)41)13-29(35(45)46)53-37(49)33-31(19-5-9-21(39)25(43)15-19)34(32(33)20-6-10-22(40)26(44)16-20)38(50)54-30(36(47)48)14-18-4-8-24(42)28(12-18)52-2/h3-12,15-16,29-34,39-44H,13-14H2,1-2H3,(H,45,46)(H,47,48). The molecule has 0 heterocycles. The normalized spacial score (nSPS) is 18.7. The summed E-state index contributed by atoms with van der Waals surface area (Å²) in [6, 6.07) is 14.9. The number of carbonyl (C=O) groups excluding carboxylic acids is 2. The fourth-order valence-corrected chi connectivity index (χ4v) is 6.58. The van der Waals surface area contributed by atoms with Gasteiger partial charge in [0, 0.05) is 24.7 Å². The number of carbonyl (C=O) groups is 4. The Kier molecular flexibility index (Phi) is 11.2. The quantitative estimate of drug-likeness (QED) is 0.0677. The number of aliphatic carboxylic acids is 2. The number of hydrogen-bond donors (Lipinski definition) is 8. The van der Waals surface area contributed by atoms with Crippen LogP contribution in [0.1, 0.15) is 34.1 Å². The summed E-state index contributed by atoms with van der Waals surface area (Å²) in [4.78, 5) is 53.1. The van der Waals surface area contributed by atoms with E-state index in [9.17, 15) is 60.0 Å². The minimum Gasteiger partial charge on any atom is -0.504 e. The number of hydrogen-bond acceptors (Lipinski definition) is 14. The molecule has 5 rings (SSSR count). The number of carboxylic acid groups (broad SMARTS) is 2. The average Bonchev–Trinajstić information content (AvgIpc) is 3.11. The molecule has 2 unspecified atom stereocenters. The molecule has 16 heteroatoms. The highest BCUT2D eigenvalue weighted by atomic mass is 16.6. The van der Waals surface area contributed by atoms with Gasteiger partial charge in [-0.25, -0.2) is 9.59 Å². The molecule has 0 amide bonds. The summed E-state index contributed by atoms with van der Waals surface area (Å²) in [6.45, 7) is 0. The lowest BCUT2D eigenvalue weighted by Crippen LogP contribution is -2.53. The van der Waals surface area contributed by atoms with E-state index < -0.39 is 82.8 Å². The molecule has 1 saturated carbocycles. The molecule has 0 aliphatic heterocycles. The molecule has 54 heavy (non-hydrogen) atoms. The summed E-state index contributed by atoms with van der Waals surface area (Å²) in [5, 5.41) is 80.9. The van der Waals surface area contributed by atoms with Crippen molar-refractivity contribution >= 4 is 23.9 Å². The second-order valence-corrected chi connectivity index (χ2v) is 12.5. The maximum absolute atomic E-state index is 14.2. The van der Waals surface area contributed by atoms with Gasteiger partial charge in [-0.1, -0.05) is 24.3 Å². The minimum atomic E-state index is -1.81. The van der Waals surface area contributed by atoms with Gasteiger partial charge in [0.15, 0.2) is 46.0 Å². The first-order chi connectivity index (χ1) is 25.6. The van der Waals surface area contributed by atoms with Crippen molar-refractivity contribution in [3.05, 3.63) is 95.1 Å². The molecule has 0 bridgehead atoms. The van der Waals surface area contributed by atoms with Gasteiger partial charge >= 0.3 is 23.9 Å². The van der Waals surface area contributed by atoms with E-state index in [-0.39, 0.29) is 47.0 Å². The fourth-order valence-electron chi connectivity index (χ4n) is 6.58. The van der Waals surface area contributed by atoms with Gasteiger partial charge in [0.2, 0.25) is 12.2 Å². The zero-order valence-electron chi connectivity index (χ0n) is 28.7. The molecule has 0 spiro atoms. The Labute approximate surface area is 306 Å². The number of ether oxygens (including phenoxy) is 4. The number of aromatic hydroxyl groups is 6. The highest BCUT2D eigenvalue weighted by Gasteiger charge is 2.60. The van der Waals surface area contributed by atoms with Crippen molar-refractivity contribution in [2.24, 2.45) is 11.8 Å². The fraction of sp³-hybridized carbons (Fsp3) is 0.263. The van der Waals surface area contributed by atoms with Gasteiger partial charge < -0.3 is 59.8 Å². The summed E-state index contributed by atoms with van der Waals surface area (Å²) in [5.41, 5.74) is 0.786. The van der Waals surface area contributed by atoms with Crippen molar-refractivity contribution in [2.75, 3.05) is 14.2 Å². The number of phenolic OH excluding ortho intramolecular Hbond substituents is 6. The SMILES string of the molecule is COc1cc(CC(OC(=O)C2C(c3ccc(O)c(O)c3)C(C(=O)OC(Cc3ccc(O)c(OC)c3)C(=O)O)C2c2ccc(O)c(O)c2)C(=O)O)ccc1O. The van der Waals surface area contributed by atoms with Gasteiger partial charge in [0.05, 0.1) is 26.1 Å². The second-order valence-electron chi connectivity index (χ2n) is 12.5. The third-order valence-corrected chi connectivity index (χ3v) is 9.26. The number of carboxylic acids is 2. The van der Waals surface area contributed by atoms with E-state index in [0.29, 0.717) is 11.1 Å². The number of benzene rings is 4. The topological polar surface area (TPSA) is 267 Å². The molecule has 1 fully saturated rings. The minimum absolute atomic E-state index is 0.0342. The van der Waals surface area contributed by atoms with Gasteiger partial charge in [-0.05, 0) is 70.8 Å². The van der Waals surface area contributed by atoms with Gasteiger partial charge in [0.25, 0.3) is 0 Å². The predicted octanol–water partition coefficient (Wildman–Crippen LogP) is 3.53. The molecule has 4 aromatic rings. The number of rotatable bonds is 14. The molecule has 284 valence electrons. The molecule has 16 nitrogen and oxygen atoms in total. The highest BCUT2D eigenvalue weighted by molar-refractivity contribution is 5.88. The second kappa shape index (κ2) is 15.8. The number of esters is 2. The van der Waals surface area contributed by atoms with E-state index >= 15 is 0 Å². The summed E-state index contributed by atoms with van der Waals surface area (Å²) in [7, 11) is 2.58. The van der Waals surface area contributed by atoms with Crippen LogP contribution in [0.25, 0.3) is 0 Å². The van der Waals surface area contributed by atoms with Crippen molar-refractivity contribution in [3.63, 3.8) is 0 Å². The lowest BCUT2D eigenvalue weighted by molar-refractivity contribution is -0.181. The third-order valence-electron chi connectivity index (χ3n) is 9.26. The summed E-state index contributed by atoms with van der Waals surface area (Å²) < 4.78 is 21.3. The average molecular weight is 749 g/mol. The van der Waals surface area contributed by atoms with Crippen LogP contribution in [0, 0.1) is 11.8 Å². The molecule has 2 atom stereocenters. The molecular weight excluding hydrogens is 712 g/mol. The molecule has 0 saturated heterocycles. The van der Waals surface area contributed by atoms with E-state index in [1.165, 1.54) is 62.8 Å². The Morgan fingerprint density at radius 3 is 1.19 bits per heavy atom. The van der Waals surface area contributed by atoms with Crippen LogP contribution in [0.15, 0.2) is 72.8 Å². The van der Waals surface area contributed by atoms with Crippen LogP contribution < -0.4 is 9.47 Å². The van der Waals surface area contributed by atoms with E-state index in [1.54, 1.807) is 0 Å². The van der Waals surface area contributed by atoms with Gasteiger partial charge in [-0.15, -0.1) is 0 Å². The lowest BCUT2D eigenvalue weighted by Gasteiger charge is -2.50. The molecule has 1 aliphatic carbocycles. The molecule has 0 radical (unpaired) electrons. The van der Waals surface area contributed by atoms with Crippen molar-refractivity contribution in [2.45, 2.75) is 36.9 Å². The monoisotopic (exact) mass is 748 g/mol. The first kappa shape index (κ1) is 38.4. The summed E-state index contributed by atoms with van der Waals surface area (Å²) in [6.07, 6.45) is -4.38. The largest absolute Gasteiger partial charge is 0.504 e. The van der Waals surface area contributed by atoms with Crippen LogP contribution >= 0.6 is 0 Å². The van der Waals surface area contributed by atoms with Crippen LogP contribution in [0.5, 0.6) is 46.0 Å². The Hall–Kier alpha value is -6.84. The van der Waals surface area contributed by atoms with Crippen molar-refractivity contribution in [1.29, 1.82) is 0 Å². The van der Waals surface area contributed by atoms with Crippen LogP contribution in [-0.4, -0.2) is 91.2 Å². The van der Waals surface area contributed by atoms with Crippen molar-refractivity contribution in [3.8, 4) is 46.0 Å². The summed E-state index contributed by atoms with van der Waals surface area (Å²) >= 11 is 0. The highest BCUT2D eigenvalue weighted by Crippen LogP contribution is 2.59. The molecular formula is C38H36O16. The molecule has 4 aromatic carbocycles. The van der Waals surface area contributed by atoms with E-state index in [0.717, 1.165) is 24.3 Å². The Morgan fingerprint density at radius 1 is 0.519 bits per heavy atom. The van der Waals surface area contributed by atoms with Gasteiger partial charge in [-0.3, -0.25) is 9.59 Å². The van der Waals surface area contributed by atoms with Crippen molar-refractivity contribution < 1.29 is 79.0 Å². The number of methoxy groups -OCH3 is 2. The maximum Gasteiger partial charge on any atom is 0.345 e. The molecule has 1 aliphatic rings. The Morgan fingerprint density at radius 2 is 0.870 bits per heavy atom. The molecule has 0 aromatic heterocycles. The van der Waals surface area contributed by atoms with Crippen LogP contribution in [-0.2, 0) is 41.5 Å². The predicted molar refractivity (Wildman–Crippen MR) is 184 cm³/mol. The van der Waals surface area contributed by atoms with Crippen LogP contribution in [0.3, 0.4) is 0 Å². The lowest BCUT2D eigenvalue weighted by atomic mass is 9.52. The van der Waals surface area contributed by atoms with Gasteiger partial charge in [-0.2, -0.15) is 0 Å². The van der Waals surface area contributed by atoms with E-state index in [4.69, 9.17) is 18.9 Å². The first-order valence-corrected chi connectivity index (χ1v) is 16.3. The van der Waals surface area contributed by atoms with Crippen LogP contribution in [0.2, 0.25) is 0 Å². The molecule has 8 N–H and O–H groups in total. The zero-order chi connectivity index (χ0) is 39.4. The Balaban J connectivity index is 1.55. The smallest absolute Gasteiger partial charge is 0.345 e. The maximum atomic E-state index is 14.2. The van der Waals surface area contributed by atoms with Crippen molar-refractivity contribution in [1.82, 2.24) is 0 Å². The zero-order valence-corrected chi connectivity index (χ0v) is 28.7. The van der Waals surface area contributed by atoms with Crippen LogP contribution in [0.4, 0.5) is 0 Å². The van der Waals surface area contributed by atoms with E-state index in [1.807, 2.05) is 0 Å². The Bertz CT molecular complexity index is 1920. The first-order valence-electron chi connectivity index (χ1n) is 16.3. The van der Waals surface area contributed by atoms with E-state index in [2.05, 4.69) is 0 Å². The third kappa shape index (κ3) is 7.96. The summed E-state index contributed by atoms with van der Waals surface area (Å²) in [5.74, 6) is -13.5.